The highest BCUT2D eigenvalue weighted by Crippen LogP contribution is 2.33. The predicted molar refractivity (Wildman–Crippen MR) is 148 cm³/mol. The molecule has 0 unspecified atom stereocenters. The fraction of sp³-hybridized carbons (Fsp3) is 0.345. The molecule has 4 rings (SSSR count). The number of thiazole rings is 1. The zero-order valence-corrected chi connectivity index (χ0v) is 23.3. The van der Waals surface area contributed by atoms with Crippen LogP contribution in [-0.2, 0) is 9.53 Å². The second-order valence-corrected chi connectivity index (χ2v) is 10.5. The summed E-state index contributed by atoms with van der Waals surface area (Å²) in [5.41, 5.74) is 3.67. The number of esters is 1. The van der Waals surface area contributed by atoms with Gasteiger partial charge in [0.1, 0.15) is 5.75 Å². The number of rotatable bonds is 8. The summed E-state index contributed by atoms with van der Waals surface area (Å²) in [4.78, 5) is 32.5. The van der Waals surface area contributed by atoms with E-state index >= 15 is 0 Å². The minimum Gasteiger partial charge on any atom is -0.495 e. The van der Waals surface area contributed by atoms with Crippen LogP contribution in [0.1, 0.15) is 69.2 Å². The lowest BCUT2D eigenvalue weighted by molar-refractivity contribution is -0.139. The normalized spacial score (nSPS) is 15.5. The number of carbonyl (C=O) groups excluding carboxylic acids is 1. The summed E-state index contributed by atoms with van der Waals surface area (Å²) in [7, 11) is 1.56. The lowest BCUT2D eigenvalue weighted by atomic mass is 9.92. The summed E-state index contributed by atoms with van der Waals surface area (Å²) in [6.45, 7) is 8.32. The van der Waals surface area contributed by atoms with Crippen molar-refractivity contribution >= 4 is 35.0 Å². The number of methoxy groups -OCH3 is 1. The third-order valence-corrected chi connectivity index (χ3v) is 7.56. The average molecular weight is 539 g/mol. The second kappa shape index (κ2) is 11.5. The Labute approximate surface area is 225 Å². The zero-order valence-electron chi connectivity index (χ0n) is 21.7. The smallest absolute Gasteiger partial charge is 0.338 e. The number of halogens is 1. The minimum absolute atomic E-state index is 0.217. The van der Waals surface area contributed by atoms with E-state index in [4.69, 9.17) is 26.1 Å². The highest BCUT2D eigenvalue weighted by atomic mass is 35.5. The molecular formula is C29H31ClN2O4S. The molecule has 1 aromatic heterocycles. The third kappa shape index (κ3) is 5.43. The largest absolute Gasteiger partial charge is 0.495 e. The number of allylic oxidation sites excluding steroid dienone is 1. The molecule has 1 aliphatic heterocycles. The minimum atomic E-state index is -0.625. The van der Waals surface area contributed by atoms with Crippen molar-refractivity contribution in [2.75, 3.05) is 13.7 Å². The van der Waals surface area contributed by atoms with Gasteiger partial charge in [0, 0.05) is 0 Å². The lowest BCUT2D eigenvalue weighted by Crippen LogP contribution is -2.40. The molecule has 2 heterocycles. The van der Waals surface area contributed by atoms with E-state index in [-0.39, 0.29) is 12.2 Å². The Morgan fingerprint density at radius 1 is 1.19 bits per heavy atom. The number of nitrogens with zero attached hydrogens (tertiary/aromatic N) is 2. The molecule has 0 N–H and O–H groups in total. The van der Waals surface area contributed by atoms with E-state index in [0.717, 1.165) is 17.5 Å². The molecule has 0 radical (unpaired) electrons. The van der Waals surface area contributed by atoms with Crippen molar-refractivity contribution in [3.8, 4) is 5.75 Å². The van der Waals surface area contributed by atoms with Crippen LogP contribution in [0.25, 0.3) is 6.08 Å². The highest BCUT2D eigenvalue weighted by molar-refractivity contribution is 7.07. The second-order valence-electron chi connectivity index (χ2n) is 9.13. The van der Waals surface area contributed by atoms with Gasteiger partial charge in [-0.05, 0) is 54.2 Å². The van der Waals surface area contributed by atoms with E-state index in [2.05, 4.69) is 26.0 Å². The van der Waals surface area contributed by atoms with E-state index in [0.29, 0.717) is 43.7 Å². The summed E-state index contributed by atoms with van der Waals surface area (Å²) in [5.74, 6) is 0.486. The van der Waals surface area contributed by atoms with E-state index in [1.54, 1.807) is 36.8 Å². The first kappa shape index (κ1) is 26.9. The first-order valence-corrected chi connectivity index (χ1v) is 13.6. The van der Waals surface area contributed by atoms with Crippen LogP contribution >= 0.6 is 22.9 Å². The Morgan fingerprint density at radius 3 is 2.51 bits per heavy atom. The number of benzene rings is 2. The molecule has 3 aromatic rings. The first-order chi connectivity index (χ1) is 17.8. The lowest BCUT2D eigenvalue weighted by Gasteiger charge is -2.26. The molecule has 6 nitrogen and oxygen atoms in total. The Morgan fingerprint density at radius 2 is 1.92 bits per heavy atom. The summed E-state index contributed by atoms with van der Waals surface area (Å²) in [6.07, 6.45) is 3.20. The number of carbonyl (C=O) groups is 1. The molecule has 0 fully saturated rings. The molecule has 0 saturated heterocycles. The molecule has 0 spiro atoms. The maximum Gasteiger partial charge on any atom is 0.338 e. The van der Waals surface area contributed by atoms with Gasteiger partial charge in [-0.15, -0.1) is 0 Å². The zero-order chi connectivity index (χ0) is 26.7. The van der Waals surface area contributed by atoms with Crippen molar-refractivity contribution in [2.24, 2.45) is 4.99 Å². The van der Waals surface area contributed by atoms with Crippen LogP contribution in [0.15, 0.2) is 63.5 Å². The number of aromatic nitrogens is 1. The number of hydrogen-bond donors (Lipinski definition) is 0. The summed E-state index contributed by atoms with van der Waals surface area (Å²) >= 11 is 7.61. The van der Waals surface area contributed by atoms with Crippen molar-refractivity contribution in [2.45, 2.75) is 52.5 Å². The van der Waals surface area contributed by atoms with Crippen LogP contribution in [0.4, 0.5) is 0 Å². The van der Waals surface area contributed by atoms with Crippen LogP contribution in [0, 0.1) is 0 Å². The monoisotopic (exact) mass is 538 g/mol. The summed E-state index contributed by atoms with van der Waals surface area (Å²) < 4.78 is 12.8. The van der Waals surface area contributed by atoms with Crippen molar-refractivity contribution in [3.05, 3.63) is 95.1 Å². The van der Waals surface area contributed by atoms with Crippen LogP contribution in [0.3, 0.4) is 0 Å². The van der Waals surface area contributed by atoms with Crippen molar-refractivity contribution < 1.29 is 14.3 Å². The first-order valence-electron chi connectivity index (χ1n) is 12.4. The van der Waals surface area contributed by atoms with Crippen molar-refractivity contribution in [1.29, 1.82) is 0 Å². The standard InChI is InChI=1S/C29H31ClN2O4S/c1-6-8-22-25(28(34)36-7-2)26(20-12-10-19(11-13-20)17(3)4)32-27(33)24(37-29(32)31-22)16-18-9-14-23(35-5)21(30)15-18/h9-17,26H,6-8H2,1-5H3/b24-16+/t26-/m0/s1. The molecule has 0 amide bonds. The van der Waals surface area contributed by atoms with Gasteiger partial charge in [-0.25, -0.2) is 9.79 Å². The Bertz CT molecular complexity index is 1520. The van der Waals surface area contributed by atoms with Gasteiger partial charge in [0.15, 0.2) is 4.80 Å². The third-order valence-electron chi connectivity index (χ3n) is 6.28. The number of hydrogen-bond acceptors (Lipinski definition) is 6. The average Bonchev–Trinajstić information content (AvgIpc) is 3.18. The van der Waals surface area contributed by atoms with Crippen molar-refractivity contribution in [3.63, 3.8) is 0 Å². The van der Waals surface area contributed by atoms with Gasteiger partial charge < -0.3 is 9.47 Å². The molecule has 0 aliphatic carbocycles. The van der Waals surface area contributed by atoms with Gasteiger partial charge in [0.2, 0.25) is 0 Å². The highest BCUT2D eigenvalue weighted by Gasteiger charge is 2.34. The van der Waals surface area contributed by atoms with Crippen LogP contribution in [0.5, 0.6) is 5.75 Å². The maximum absolute atomic E-state index is 13.8. The molecule has 0 saturated carbocycles. The summed E-state index contributed by atoms with van der Waals surface area (Å²) in [5, 5.41) is 0.460. The van der Waals surface area contributed by atoms with Crippen LogP contribution in [-0.4, -0.2) is 24.3 Å². The van der Waals surface area contributed by atoms with Crippen LogP contribution in [0.2, 0.25) is 5.02 Å². The van der Waals surface area contributed by atoms with Gasteiger partial charge in [0.25, 0.3) is 5.56 Å². The van der Waals surface area contributed by atoms with Crippen LogP contribution < -0.4 is 19.6 Å². The van der Waals surface area contributed by atoms with Gasteiger partial charge in [-0.3, -0.25) is 9.36 Å². The van der Waals surface area contributed by atoms with E-state index in [9.17, 15) is 9.59 Å². The van der Waals surface area contributed by atoms with E-state index in [1.807, 2.05) is 25.1 Å². The number of ether oxygens (including phenoxy) is 2. The number of fused-ring (bicyclic) bond motifs is 1. The van der Waals surface area contributed by atoms with Gasteiger partial charge >= 0.3 is 5.97 Å². The molecule has 1 aliphatic rings. The Hall–Kier alpha value is -3.16. The summed E-state index contributed by atoms with van der Waals surface area (Å²) in [6, 6.07) is 12.8. The van der Waals surface area contributed by atoms with Gasteiger partial charge in [-0.1, -0.05) is 80.5 Å². The Kier molecular flexibility index (Phi) is 8.35. The quantitative estimate of drug-likeness (QED) is 0.362. The van der Waals surface area contributed by atoms with Gasteiger partial charge in [-0.2, -0.15) is 0 Å². The van der Waals surface area contributed by atoms with Crippen molar-refractivity contribution in [1.82, 2.24) is 4.57 Å². The molecule has 2 aromatic carbocycles. The maximum atomic E-state index is 13.8. The molecular weight excluding hydrogens is 508 g/mol. The Balaban J connectivity index is 1.96. The topological polar surface area (TPSA) is 69.9 Å². The molecule has 194 valence electrons. The van der Waals surface area contributed by atoms with E-state index < -0.39 is 12.0 Å². The molecule has 0 bridgehead atoms. The fourth-order valence-electron chi connectivity index (χ4n) is 4.42. The van der Waals surface area contributed by atoms with E-state index in [1.165, 1.54) is 16.9 Å². The SMILES string of the molecule is CCCC1=C(C(=O)OCC)[C@H](c2ccc(C(C)C)cc2)n2c(s/c(=C/c3ccc(OC)c(Cl)c3)c2=O)=N1. The molecule has 8 heteroatoms. The molecule has 1 atom stereocenters. The molecule has 37 heavy (non-hydrogen) atoms. The van der Waals surface area contributed by atoms with Gasteiger partial charge in [0.05, 0.1) is 40.6 Å². The fourth-order valence-corrected chi connectivity index (χ4v) is 5.71. The predicted octanol–water partition coefficient (Wildman–Crippen LogP) is 5.36.